The van der Waals surface area contributed by atoms with E-state index in [9.17, 15) is 24.3 Å². The number of aromatic hydroxyl groups is 1. The minimum atomic E-state index is -1.35. The Morgan fingerprint density at radius 1 is 0.755 bits per heavy atom. The highest BCUT2D eigenvalue weighted by molar-refractivity contribution is 5.79. The van der Waals surface area contributed by atoms with E-state index < -0.39 is 72.3 Å². The predicted octanol–water partition coefficient (Wildman–Crippen LogP) is 4.62. The summed E-state index contributed by atoms with van der Waals surface area (Å²) >= 11 is 0. The molecule has 0 amide bonds. The average Bonchev–Trinajstić information content (AvgIpc) is 3.76. The van der Waals surface area contributed by atoms with E-state index in [0.717, 1.165) is 0 Å². The van der Waals surface area contributed by atoms with Gasteiger partial charge < -0.3 is 52.5 Å². The van der Waals surface area contributed by atoms with Crippen LogP contribution < -0.4 is 18.9 Å². The van der Waals surface area contributed by atoms with Gasteiger partial charge in [-0.3, -0.25) is 19.2 Å². The number of methoxy groups -OCH3 is 2. The fourth-order valence-electron chi connectivity index (χ4n) is 7.41. The smallest absolute Gasteiger partial charge is 0.310 e. The number of carbonyl (C=O) groups excluding carboxylic acids is 4. The first-order chi connectivity index (χ1) is 25.6. The van der Waals surface area contributed by atoms with Crippen LogP contribution in [-0.4, -0.2) is 87.8 Å². The first-order valence-corrected chi connectivity index (χ1v) is 18.0. The lowest BCUT2D eigenvalue weighted by Gasteiger charge is -2.44. The SMILES string of the molecule is CCCC(=O)O[C@@H]1[C@@H](OC(=O)CCC)[C@@H](O[C@@H]2c3cc4c(cc3[C@@H](c3cc(OC)c(O)c(OC)c3)[C@H]3C(=O)OC[C@@H]32)OCO4)OC[C@H]1OC(=O)CCC. The van der Waals surface area contributed by atoms with Crippen LogP contribution in [0.4, 0.5) is 0 Å². The van der Waals surface area contributed by atoms with E-state index in [4.69, 9.17) is 47.4 Å². The van der Waals surface area contributed by atoms with E-state index in [1.54, 1.807) is 24.3 Å². The molecule has 0 saturated carbocycles. The lowest BCUT2D eigenvalue weighted by Crippen LogP contribution is -2.59. The van der Waals surface area contributed by atoms with Crippen LogP contribution in [0.25, 0.3) is 0 Å². The van der Waals surface area contributed by atoms with Crippen molar-refractivity contribution in [2.24, 2.45) is 11.8 Å². The standard InChI is InChI=1S/C38H46O15/c1-6-9-28(39)50-27-17-47-38(36(52-30(41)11-8-3)35(27)51-29(40)10-7-2)53-34-21-15-24-23(48-18-49-24)14-20(21)31(32-22(34)16-46-37(32)43)19-12-25(44-4)33(42)26(13-19)45-5/h12-15,22,27,31-32,34-36,38,42H,6-11,16-18H2,1-5H3/t22-,27+,31+,32-,34+,35-,36+,38+/m0/s1. The molecule has 0 aromatic heterocycles. The highest BCUT2D eigenvalue weighted by Gasteiger charge is 2.56. The third-order valence-corrected chi connectivity index (χ3v) is 9.82. The maximum atomic E-state index is 13.7. The summed E-state index contributed by atoms with van der Waals surface area (Å²) in [5, 5.41) is 10.7. The number of cyclic esters (lactones) is 1. The molecule has 53 heavy (non-hydrogen) atoms. The predicted molar refractivity (Wildman–Crippen MR) is 181 cm³/mol. The summed E-state index contributed by atoms with van der Waals surface area (Å²) in [4.78, 5) is 52.5. The number of fused-ring (bicyclic) bond motifs is 3. The maximum Gasteiger partial charge on any atom is 0.310 e. The number of ether oxygens (including phenoxy) is 10. The summed E-state index contributed by atoms with van der Waals surface area (Å²) in [6.45, 7) is 5.19. The second kappa shape index (κ2) is 16.5. The Bertz CT molecular complexity index is 1660. The molecule has 2 aromatic carbocycles. The highest BCUT2D eigenvalue weighted by atomic mass is 16.7. The van der Waals surface area contributed by atoms with Gasteiger partial charge in [0.05, 0.1) is 39.5 Å². The molecule has 15 heteroatoms. The number of carbonyl (C=O) groups is 4. The Morgan fingerprint density at radius 3 is 1.91 bits per heavy atom. The van der Waals surface area contributed by atoms with Crippen molar-refractivity contribution in [1.29, 1.82) is 0 Å². The minimum absolute atomic E-state index is 0.0195. The average molecular weight is 743 g/mol. The molecule has 15 nitrogen and oxygen atoms in total. The summed E-state index contributed by atoms with van der Waals surface area (Å²) < 4.78 is 58.7. The molecule has 3 aliphatic heterocycles. The Morgan fingerprint density at radius 2 is 1.32 bits per heavy atom. The second-order valence-corrected chi connectivity index (χ2v) is 13.4. The fraction of sp³-hybridized carbons (Fsp3) is 0.579. The lowest BCUT2D eigenvalue weighted by molar-refractivity contribution is -0.298. The molecule has 2 saturated heterocycles. The molecular formula is C38H46O15. The number of esters is 4. The van der Waals surface area contributed by atoms with Gasteiger partial charge in [0, 0.05) is 31.1 Å². The molecular weight excluding hydrogens is 696 g/mol. The zero-order valence-corrected chi connectivity index (χ0v) is 30.5. The van der Waals surface area contributed by atoms with Crippen LogP contribution in [0.5, 0.6) is 28.7 Å². The first kappa shape index (κ1) is 38.0. The van der Waals surface area contributed by atoms with Gasteiger partial charge in [0.2, 0.25) is 12.5 Å². The number of hydrogen-bond donors (Lipinski definition) is 1. The summed E-state index contributed by atoms with van der Waals surface area (Å²) in [6, 6.07) is 6.84. The topological polar surface area (TPSA) is 181 Å². The van der Waals surface area contributed by atoms with Crippen molar-refractivity contribution >= 4 is 23.9 Å². The molecule has 2 fully saturated rings. The normalized spacial score (nSPS) is 26.8. The molecule has 288 valence electrons. The van der Waals surface area contributed by atoms with Crippen molar-refractivity contribution in [1.82, 2.24) is 0 Å². The van der Waals surface area contributed by atoms with Crippen molar-refractivity contribution < 1.29 is 71.7 Å². The van der Waals surface area contributed by atoms with Crippen LogP contribution in [-0.2, 0) is 47.6 Å². The van der Waals surface area contributed by atoms with Crippen LogP contribution in [0, 0.1) is 11.8 Å². The molecule has 0 radical (unpaired) electrons. The third kappa shape index (κ3) is 7.67. The number of benzene rings is 2. The Kier molecular flexibility index (Phi) is 11.8. The van der Waals surface area contributed by atoms with Gasteiger partial charge in [-0.15, -0.1) is 0 Å². The van der Waals surface area contributed by atoms with Crippen LogP contribution in [0.2, 0.25) is 0 Å². The number of phenolic OH excluding ortho intramolecular Hbond substituents is 1. The molecule has 0 spiro atoms. The summed E-state index contributed by atoms with van der Waals surface area (Å²) in [7, 11) is 2.83. The molecule has 4 aliphatic rings. The van der Waals surface area contributed by atoms with Crippen LogP contribution >= 0.6 is 0 Å². The molecule has 6 rings (SSSR count). The maximum absolute atomic E-state index is 13.7. The molecule has 3 heterocycles. The number of rotatable bonds is 14. The van der Waals surface area contributed by atoms with Crippen LogP contribution in [0.1, 0.15) is 88.0 Å². The lowest BCUT2D eigenvalue weighted by atomic mass is 9.66. The van der Waals surface area contributed by atoms with Crippen molar-refractivity contribution in [2.75, 3.05) is 34.2 Å². The van der Waals surface area contributed by atoms with Crippen molar-refractivity contribution in [3.8, 4) is 28.7 Å². The minimum Gasteiger partial charge on any atom is -0.502 e. The molecule has 1 aliphatic carbocycles. The zero-order valence-electron chi connectivity index (χ0n) is 30.5. The Hall–Kier alpha value is -4.76. The van der Waals surface area contributed by atoms with E-state index in [1.807, 2.05) is 20.8 Å². The summed E-state index contributed by atoms with van der Waals surface area (Å²) in [6.07, 6.45) is -4.16. The van der Waals surface area contributed by atoms with Crippen molar-refractivity contribution in [2.45, 2.75) is 95.9 Å². The fourth-order valence-corrected chi connectivity index (χ4v) is 7.41. The van der Waals surface area contributed by atoms with Gasteiger partial charge in [-0.05, 0) is 60.2 Å². The molecule has 2 aromatic rings. The number of phenols is 1. The largest absolute Gasteiger partial charge is 0.502 e. The molecule has 8 atom stereocenters. The van der Waals surface area contributed by atoms with Gasteiger partial charge in [0.15, 0.2) is 47.6 Å². The molecule has 1 N–H and O–H groups in total. The van der Waals surface area contributed by atoms with E-state index in [-0.39, 0.29) is 56.5 Å². The van der Waals surface area contributed by atoms with Gasteiger partial charge >= 0.3 is 23.9 Å². The second-order valence-electron chi connectivity index (χ2n) is 13.4. The zero-order chi connectivity index (χ0) is 37.8. The number of hydrogen-bond acceptors (Lipinski definition) is 15. The first-order valence-electron chi connectivity index (χ1n) is 18.0. The van der Waals surface area contributed by atoms with E-state index in [0.29, 0.717) is 47.5 Å². The Balaban J connectivity index is 1.44. The van der Waals surface area contributed by atoms with Crippen LogP contribution in [0.3, 0.4) is 0 Å². The molecule has 0 unspecified atom stereocenters. The third-order valence-electron chi connectivity index (χ3n) is 9.82. The van der Waals surface area contributed by atoms with Crippen LogP contribution in [0.15, 0.2) is 24.3 Å². The van der Waals surface area contributed by atoms with Crippen molar-refractivity contribution in [3.05, 3.63) is 41.0 Å². The van der Waals surface area contributed by atoms with Gasteiger partial charge in [-0.1, -0.05) is 20.8 Å². The van der Waals surface area contributed by atoms with E-state index in [2.05, 4.69) is 0 Å². The van der Waals surface area contributed by atoms with Gasteiger partial charge in [-0.25, -0.2) is 0 Å². The van der Waals surface area contributed by atoms with Crippen molar-refractivity contribution in [3.63, 3.8) is 0 Å². The Labute approximate surface area is 307 Å². The van der Waals surface area contributed by atoms with E-state index in [1.165, 1.54) is 14.2 Å². The molecule has 0 bridgehead atoms. The quantitative estimate of drug-likeness (QED) is 0.209. The van der Waals surface area contributed by atoms with Gasteiger partial charge in [-0.2, -0.15) is 0 Å². The van der Waals surface area contributed by atoms with E-state index >= 15 is 0 Å². The summed E-state index contributed by atoms with van der Waals surface area (Å²) in [5.74, 6) is -3.22. The van der Waals surface area contributed by atoms with Gasteiger partial charge in [0.1, 0.15) is 0 Å². The highest BCUT2D eigenvalue weighted by Crippen LogP contribution is 2.57. The van der Waals surface area contributed by atoms with Gasteiger partial charge in [0.25, 0.3) is 0 Å². The monoisotopic (exact) mass is 742 g/mol. The summed E-state index contributed by atoms with van der Waals surface area (Å²) in [5.41, 5.74) is 1.86.